The zero-order chi connectivity index (χ0) is 19.8. The number of aromatic nitrogens is 2. The minimum atomic E-state index is -0.0463. The molecule has 28 heavy (non-hydrogen) atoms. The predicted molar refractivity (Wildman–Crippen MR) is 113 cm³/mol. The maximum atomic E-state index is 12.9. The van der Waals surface area contributed by atoms with E-state index in [0.717, 1.165) is 35.1 Å². The van der Waals surface area contributed by atoms with Crippen LogP contribution in [0.5, 0.6) is 0 Å². The van der Waals surface area contributed by atoms with E-state index in [4.69, 9.17) is 4.98 Å². The SMILES string of the molecule is CCCC[NH+](C)CCCNC(=O)c1cc(-c2cccnc2)nc2ccccc12. The molecule has 1 amide bonds. The molecule has 3 aromatic rings. The summed E-state index contributed by atoms with van der Waals surface area (Å²) in [6, 6.07) is 13.5. The summed E-state index contributed by atoms with van der Waals surface area (Å²) in [6.07, 6.45) is 6.95. The van der Waals surface area contributed by atoms with E-state index in [2.05, 4.69) is 24.3 Å². The van der Waals surface area contributed by atoms with E-state index in [1.165, 1.54) is 24.3 Å². The fourth-order valence-corrected chi connectivity index (χ4v) is 3.32. The number of quaternary nitrogens is 1. The molecule has 5 heteroatoms. The van der Waals surface area contributed by atoms with Crippen molar-refractivity contribution in [1.29, 1.82) is 0 Å². The summed E-state index contributed by atoms with van der Waals surface area (Å²) in [7, 11) is 2.22. The molecule has 1 unspecified atom stereocenters. The second-order valence-electron chi connectivity index (χ2n) is 7.23. The monoisotopic (exact) mass is 377 g/mol. The standard InChI is InChI=1S/C23H28N4O/c1-3-4-14-27(2)15-8-13-25-23(28)20-16-22(18-9-7-12-24-17-18)26-21-11-6-5-10-19(20)21/h5-7,9-12,16-17H,3-4,8,13-15H2,1-2H3,(H,25,28)/p+1. The highest BCUT2D eigenvalue weighted by atomic mass is 16.1. The molecule has 2 aromatic heterocycles. The third kappa shape index (κ3) is 5.14. The molecule has 0 bridgehead atoms. The van der Waals surface area contributed by atoms with Crippen molar-refractivity contribution in [2.24, 2.45) is 0 Å². The molecule has 1 aromatic carbocycles. The van der Waals surface area contributed by atoms with Gasteiger partial charge in [0.1, 0.15) is 0 Å². The van der Waals surface area contributed by atoms with Crippen LogP contribution in [0.1, 0.15) is 36.5 Å². The van der Waals surface area contributed by atoms with Gasteiger partial charge < -0.3 is 10.2 Å². The van der Waals surface area contributed by atoms with Crippen molar-refractivity contribution in [2.75, 3.05) is 26.7 Å². The number of carbonyl (C=O) groups is 1. The van der Waals surface area contributed by atoms with Crippen molar-refractivity contribution < 1.29 is 9.69 Å². The Balaban J connectivity index is 1.73. The number of fused-ring (bicyclic) bond motifs is 1. The van der Waals surface area contributed by atoms with Crippen molar-refractivity contribution in [2.45, 2.75) is 26.2 Å². The predicted octanol–water partition coefficient (Wildman–Crippen LogP) is 2.73. The van der Waals surface area contributed by atoms with Gasteiger partial charge >= 0.3 is 0 Å². The lowest BCUT2D eigenvalue weighted by molar-refractivity contribution is -0.879. The first kappa shape index (κ1) is 20.0. The average Bonchev–Trinajstić information content (AvgIpc) is 2.75. The molecule has 2 N–H and O–H groups in total. The Hall–Kier alpha value is -2.79. The van der Waals surface area contributed by atoms with Gasteiger partial charge in [0.25, 0.3) is 5.91 Å². The molecular formula is C23H29N4O+. The van der Waals surface area contributed by atoms with Gasteiger partial charge in [-0.3, -0.25) is 9.78 Å². The largest absolute Gasteiger partial charge is 0.352 e. The molecule has 146 valence electrons. The number of pyridine rings is 2. The first-order valence-electron chi connectivity index (χ1n) is 10.1. The van der Waals surface area contributed by atoms with E-state index in [1.807, 2.05) is 42.5 Å². The van der Waals surface area contributed by atoms with Gasteiger partial charge in [0.15, 0.2) is 0 Å². The molecule has 0 aliphatic carbocycles. The highest BCUT2D eigenvalue weighted by molar-refractivity contribution is 6.07. The number of nitrogens with one attached hydrogen (secondary N) is 2. The Kier molecular flexibility index (Phi) is 7.09. The lowest BCUT2D eigenvalue weighted by atomic mass is 10.0. The molecule has 5 nitrogen and oxygen atoms in total. The molecule has 0 aliphatic heterocycles. The van der Waals surface area contributed by atoms with Gasteiger partial charge in [0.2, 0.25) is 0 Å². The van der Waals surface area contributed by atoms with E-state index in [1.54, 1.807) is 12.4 Å². The van der Waals surface area contributed by atoms with Gasteiger partial charge in [-0.05, 0) is 30.7 Å². The smallest absolute Gasteiger partial charge is 0.252 e. The lowest BCUT2D eigenvalue weighted by Crippen LogP contribution is -3.09. The van der Waals surface area contributed by atoms with Gasteiger partial charge in [-0.15, -0.1) is 0 Å². The topological polar surface area (TPSA) is 59.3 Å². The molecular weight excluding hydrogens is 348 g/mol. The van der Waals surface area contributed by atoms with E-state index in [9.17, 15) is 4.79 Å². The summed E-state index contributed by atoms with van der Waals surface area (Å²) in [5, 5.41) is 3.96. The summed E-state index contributed by atoms with van der Waals surface area (Å²) < 4.78 is 0. The molecule has 1 atom stereocenters. The lowest BCUT2D eigenvalue weighted by Gasteiger charge is -2.14. The van der Waals surface area contributed by atoms with Crippen LogP contribution in [-0.4, -0.2) is 42.6 Å². The minimum absolute atomic E-state index is 0.0463. The van der Waals surface area contributed by atoms with Gasteiger partial charge in [-0.2, -0.15) is 0 Å². The molecule has 0 fully saturated rings. The first-order valence-corrected chi connectivity index (χ1v) is 10.1. The Bertz CT molecular complexity index is 911. The second kappa shape index (κ2) is 9.95. The fraction of sp³-hybridized carbons (Fsp3) is 0.348. The van der Waals surface area contributed by atoms with Crippen molar-refractivity contribution in [1.82, 2.24) is 15.3 Å². The summed E-state index contributed by atoms with van der Waals surface area (Å²) in [6.45, 7) is 5.15. The zero-order valence-corrected chi connectivity index (χ0v) is 16.7. The second-order valence-corrected chi connectivity index (χ2v) is 7.23. The normalized spacial score (nSPS) is 12.1. The molecule has 2 heterocycles. The third-order valence-electron chi connectivity index (χ3n) is 4.94. The third-order valence-corrected chi connectivity index (χ3v) is 4.94. The van der Waals surface area contributed by atoms with Crippen LogP contribution < -0.4 is 10.2 Å². The van der Waals surface area contributed by atoms with Gasteiger partial charge in [-0.25, -0.2) is 4.98 Å². The van der Waals surface area contributed by atoms with E-state index in [-0.39, 0.29) is 5.91 Å². The summed E-state index contributed by atoms with van der Waals surface area (Å²) >= 11 is 0. The van der Waals surface area contributed by atoms with Crippen LogP contribution in [0.3, 0.4) is 0 Å². The maximum Gasteiger partial charge on any atom is 0.252 e. The summed E-state index contributed by atoms with van der Waals surface area (Å²) in [5.74, 6) is -0.0463. The minimum Gasteiger partial charge on any atom is -0.352 e. The molecule has 3 rings (SSSR count). The molecule has 0 aliphatic rings. The van der Waals surface area contributed by atoms with Gasteiger partial charge in [-0.1, -0.05) is 31.5 Å². The van der Waals surface area contributed by atoms with Crippen molar-refractivity contribution in [3.63, 3.8) is 0 Å². The zero-order valence-electron chi connectivity index (χ0n) is 16.7. The van der Waals surface area contributed by atoms with Crippen LogP contribution in [0.2, 0.25) is 0 Å². The Morgan fingerprint density at radius 1 is 1.11 bits per heavy atom. The molecule has 0 saturated carbocycles. The van der Waals surface area contributed by atoms with Gasteiger partial charge in [0, 0.05) is 36.3 Å². The van der Waals surface area contributed by atoms with Crippen molar-refractivity contribution in [3.05, 3.63) is 60.4 Å². The summed E-state index contributed by atoms with van der Waals surface area (Å²) in [4.78, 5) is 23.3. The van der Waals surface area contributed by atoms with Crippen LogP contribution in [0.25, 0.3) is 22.2 Å². The van der Waals surface area contributed by atoms with E-state index < -0.39 is 0 Å². The number of hydrogen-bond donors (Lipinski definition) is 2. The fourth-order valence-electron chi connectivity index (χ4n) is 3.32. The number of para-hydroxylation sites is 1. The van der Waals surface area contributed by atoms with E-state index >= 15 is 0 Å². The number of rotatable bonds is 9. The average molecular weight is 378 g/mol. The van der Waals surface area contributed by atoms with Crippen molar-refractivity contribution >= 4 is 16.8 Å². The van der Waals surface area contributed by atoms with Gasteiger partial charge in [0.05, 0.1) is 36.9 Å². The van der Waals surface area contributed by atoms with Crippen LogP contribution in [0, 0.1) is 0 Å². The molecule has 0 radical (unpaired) electrons. The number of benzene rings is 1. The van der Waals surface area contributed by atoms with E-state index in [0.29, 0.717) is 12.1 Å². The number of amides is 1. The highest BCUT2D eigenvalue weighted by Crippen LogP contribution is 2.24. The quantitative estimate of drug-likeness (QED) is 0.564. The molecule has 0 saturated heterocycles. The van der Waals surface area contributed by atoms with Crippen LogP contribution in [-0.2, 0) is 0 Å². The highest BCUT2D eigenvalue weighted by Gasteiger charge is 2.14. The number of hydrogen-bond acceptors (Lipinski definition) is 3. The Morgan fingerprint density at radius 3 is 2.71 bits per heavy atom. The molecule has 0 spiro atoms. The number of carbonyl (C=O) groups excluding carboxylic acids is 1. The summed E-state index contributed by atoms with van der Waals surface area (Å²) in [5.41, 5.74) is 3.15. The number of unbranched alkanes of at least 4 members (excludes halogenated alkanes) is 1. The maximum absolute atomic E-state index is 12.9. The first-order chi connectivity index (χ1) is 13.7. The number of nitrogens with zero attached hydrogens (tertiary/aromatic N) is 2. The van der Waals surface area contributed by atoms with Crippen molar-refractivity contribution in [3.8, 4) is 11.3 Å². The van der Waals surface area contributed by atoms with Crippen LogP contribution >= 0.6 is 0 Å². The Labute approximate surface area is 166 Å². The Morgan fingerprint density at radius 2 is 1.93 bits per heavy atom. The van der Waals surface area contributed by atoms with Crippen LogP contribution in [0.4, 0.5) is 0 Å². The van der Waals surface area contributed by atoms with Crippen LogP contribution in [0.15, 0.2) is 54.9 Å².